The number of hydrogen-bond acceptors (Lipinski definition) is 2. The van der Waals surface area contributed by atoms with Crippen LogP contribution in [-0.4, -0.2) is 0 Å². The zero-order valence-electron chi connectivity index (χ0n) is 11.4. The fraction of sp³-hybridized carbons (Fsp3) is 0.375. The maximum absolute atomic E-state index is 13.7. The van der Waals surface area contributed by atoms with Crippen molar-refractivity contribution in [3.8, 4) is 0 Å². The van der Waals surface area contributed by atoms with Crippen LogP contribution in [0.25, 0.3) is 0 Å². The van der Waals surface area contributed by atoms with Crippen molar-refractivity contribution in [1.82, 2.24) is 0 Å². The highest BCUT2D eigenvalue weighted by atomic mass is 32.1. The minimum atomic E-state index is -0.543. The van der Waals surface area contributed by atoms with Crippen LogP contribution in [0.3, 0.4) is 0 Å². The lowest BCUT2D eigenvalue weighted by molar-refractivity contribution is 0.585. The summed E-state index contributed by atoms with van der Waals surface area (Å²) in [5, 5.41) is 2.96. The van der Waals surface area contributed by atoms with Crippen molar-refractivity contribution in [2.24, 2.45) is 0 Å². The van der Waals surface area contributed by atoms with E-state index < -0.39 is 11.6 Å². The molecule has 3 rings (SSSR count). The topological polar surface area (TPSA) is 12.0 Å². The number of thiophene rings is 1. The molecular weight excluding hydrogens is 276 g/mol. The SMILES string of the molecule is CC(Nc1c(F)cccc1F)c1cc2c(s1)CCCC2. The van der Waals surface area contributed by atoms with Gasteiger partial charge in [-0.05, 0) is 56.4 Å². The smallest absolute Gasteiger partial charge is 0.149 e. The number of benzene rings is 1. The summed E-state index contributed by atoms with van der Waals surface area (Å²) in [6, 6.07) is 6.03. The van der Waals surface area contributed by atoms with E-state index in [1.54, 1.807) is 11.3 Å². The van der Waals surface area contributed by atoms with Gasteiger partial charge in [0.15, 0.2) is 0 Å². The second-order valence-corrected chi connectivity index (χ2v) is 6.44. The molecule has 0 radical (unpaired) electrons. The summed E-state index contributed by atoms with van der Waals surface area (Å²) in [6.07, 6.45) is 4.76. The number of anilines is 1. The van der Waals surface area contributed by atoms with Crippen molar-refractivity contribution in [3.05, 3.63) is 51.2 Å². The van der Waals surface area contributed by atoms with Gasteiger partial charge >= 0.3 is 0 Å². The van der Waals surface area contributed by atoms with Gasteiger partial charge in [0.25, 0.3) is 0 Å². The van der Waals surface area contributed by atoms with Crippen molar-refractivity contribution < 1.29 is 8.78 Å². The third-order valence-electron chi connectivity index (χ3n) is 3.77. The zero-order valence-corrected chi connectivity index (χ0v) is 12.2. The highest BCUT2D eigenvalue weighted by Crippen LogP contribution is 2.34. The van der Waals surface area contributed by atoms with Crippen LogP contribution in [0.5, 0.6) is 0 Å². The molecule has 1 aliphatic carbocycles. The van der Waals surface area contributed by atoms with E-state index in [0.717, 1.165) is 17.7 Å². The highest BCUT2D eigenvalue weighted by Gasteiger charge is 2.18. The lowest BCUT2D eigenvalue weighted by Gasteiger charge is -2.15. The third-order valence-corrected chi connectivity index (χ3v) is 5.19. The van der Waals surface area contributed by atoms with Gasteiger partial charge in [0.2, 0.25) is 0 Å². The molecule has 20 heavy (non-hydrogen) atoms. The van der Waals surface area contributed by atoms with Gasteiger partial charge in [-0.25, -0.2) is 8.78 Å². The molecule has 1 atom stereocenters. The summed E-state index contributed by atoms with van der Waals surface area (Å²) in [5.41, 5.74) is 1.38. The molecule has 2 aromatic rings. The molecule has 0 spiro atoms. The molecule has 0 fully saturated rings. The molecule has 1 nitrogen and oxygen atoms in total. The highest BCUT2D eigenvalue weighted by molar-refractivity contribution is 7.12. The van der Waals surface area contributed by atoms with E-state index in [1.165, 1.54) is 41.5 Å². The Morgan fingerprint density at radius 2 is 1.85 bits per heavy atom. The standard InChI is InChI=1S/C16H17F2NS/c1-10(19-16-12(17)6-4-7-13(16)18)15-9-11-5-2-3-8-14(11)20-15/h4,6-7,9-10,19H,2-3,5,8H2,1H3. The van der Waals surface area contributed by atoms with Crippen LogP contribution < -0.4 is 5.32 Å². The first kappa shape index (κ1) is 13.6. The molecule has 0 saturated carbocycles. The first-order valence-electron chi connectivity index (χ1n) is 6.97. The minimum absolute atomic E-state index is 0.0358. The lowest BCUT2D eigenvalue weighted by atomic mass is 9.99. The van der Waals surface area contributed by atoms with Crippen LogP contribution in [0.2, 0.25) is 0 Å². The Kier molecular flexibility index (Phi) is 3.74. The van der Waals surface area contributed by atoms with Gasteiger partial charge in [-0.2, -0.15) is 0 Å². The molecule has 0 amide bonds. The lowest BCUT2D eigenvalue weighted by Crippen LogP contribution is -2.08. The molecule has 0 aliphatic heterocycles. The molecule has 106 valence electrons. The van der Waals surface area contributed by atoms with Gasteiger partial charge in [0.05, 0.1) is 6.04 Å². The molecule has 1 unspecified atom stereocenters. The molecular formula is C16H17F2NS. The summed E-state index contributed by atoms with van der Waals surface area (Å²) < 4.78 is 27.3. The molecule has 4 heteroatoms. The third kappa shape index (κ3) is 2.57. The van der Waals surface area contributed by atoms with E-state index in [9.17, 15) is 8.78 Å². The minimum Gasteiger partial charge on any atom is -0.373 e. The van der Waals surface area contributed by atoms with Gasteiger partial charge < -0.3 is 5.32 Å². The van der Waals surface area contributed by atoms with Crippen molar-refractivity contribution >= 4 is 17.0 Å². The molecule has 1 heterocycles. The van der Waals surface area contributed by atoms with E-state index in [4.69, 9.17) is 0 Å². The fourth-order valence-electron chi connectivity index (χ4n) is 2.65. The van der Waals surface area contributed by atoms with Crippen LogP contribution in [0.15, 0.2) is 24.3 Å². The Hall–Kier alpha value is -1.42. The number of halogens is 2. The quantitative estimate of drug-likeness (QED) is 0.832. The Morgan fingerprint density at radius 3 is 2.55 bits per heavy atom. The van der Waals surface area contributed by atoms with Crippen LogP contribution in [0, 0.1) is 11.6 Å². The van der Waals surface area contributed by atoms with Crippen LogP contribution in [-0.2, 0) is 12.8 Å². The summed E-state index contributed by atoms with van der Waals surface area (Å²) in [6.45, 7) is 1.95. The van der Waals surface area contributed by atoms with Gasteiger partial charge in [0, 0.05) is 9.75 Å². The van der Waals surface area contributed by atoms with Crippen LogP contribution in [0.1, 0.15) is 41.1 Å². The first-order chi connectivity index (χ1) is 9.65. The number of rotatable bonds is 3. The first-order valence-corrected chi connectivity index (χ1v) is 7.79. The summed E-state index contributed by atoms with van der Waals surface area (Å²) in [4.78, 5) is 2.59. The maximum Gasteiger partial charge on any atom is 0.149 e. The van der Waals surface area contributed by atoms with Crippen LogP contribution in [0.4, 0.5) is 14.5 Å². The van der Waals surface area contributed by atoms with Gasteiger partial charge in [-0.15, -0.1) is 11.3 Å². The predicted octanol–water partition coefficient (Wildman–Crippen LogP) is 5.08. The van der Waals surface area contributed by atoms with Crippen molar-refractivity contribution in [3.63, 3.8) is 0 Å². The van der Waals surface area contributed by atoms with E-state index in [1.807, 2.05) is 6.92 Å². The Morgan fingerprint density at radius 1 is 1.15 bits per heavy atom. The van der Waals surface area contributed by atoms with Gasteiger partial charge in [-0.3, -0.25) is 0 Å². The normalized spacial score (nSPS) is 15.8. The Balaban J connectivity index is 1.82. The predicted molar refractivity (Wildman–Crippen MR) is 79.4 cm³/mol. The molecule has 1 aromatic heterocycles. The van der Waals surface area contributed by atoms with Crippen LogP contribution >= 0.6 is 11.3 Å². The van der Waals surface area contributed by atoms with E-state index >= 15 is 0 Å². The monoisotopic (exact) mass is 293 g/mol. The number of para-hydroxylation sites is 1. The number of fused-ring (bicyclic) bond motifs is 1. The summed E-state index contributed by atoms with van der Waals surface area (Å²) >= 11 is 1.77. The van der Waals surface area contributed by atoms with E-state index in [-0.39, 0.29) is 11.7 Å². The van der Waals surface area contributed by atoms with E-state index in [2.05, 4.69) is 11.4 Å². The number of nitrogens with one attached hydrogen (secondary N) is 1. The number of hydrogen-bond donors (Lipinski definition) is 1. The van der Waals surface area contributed by atoms with E-state index in [0.29, 0.717) is 0 Å². The molecule has 0 bridgehead atoms. The number of aryl methyl sites for hydroxylation is 2. The zero-order chi connectivity index (χ0) is 14.1. The van der Waals surface area contributed by atoms with Gasteiger partial charge in [0.1, 0.15) is 17.3 Å². The average Bonchev–Trinajstić information content (AvgIpc) is 2.87. The maximum atomic E-state index is 13.7. The molecule has 0 saturated heterocycles. The van der Waals surface area contributed by atoms with Crippen molar-refractivity contribution in [2.75, 3.05) is 5.32 Å². The molecule has 1 N–H and O–H groups in total. The Bertz CT molecular complexity index is 577. The largest absolute Gasteiger partial charge is 0.373 e. The fourth-order valence-corrected chi connectivity index (χ4v) is 3.91. The molecule has 1 aliphatic rings. The Labute approximate surface area is 121 Å². The average molecular weight is 293 g/mol. The van der Waals surface area contributed by atoms with Crippen molar-refractivity contribution in [2.45, 2.75) is 38.6 Å². The van der Waals surface area contributed by atoms with Crippen molar-refractivity contribution in [1.29, 1.82) is 0 Å². The summed E-state index contributed by atoms with van der Waals surface area (Å²) in [5.74, 6) is -1.09. The second-order valence-electron chi connectivity index (χ2n) is 5.27. The van der Waals surface area contributed by atoms with Gasteiger partial charge in [-0.1, -0.05) is 6.07 Å². The summed E-state index contributed by atoms with van der Waals surface area (Å²) in [7, 11) is 0. The second kappa shape index (κ2) is 5.52. The molecule has 1 aromatic carbocycles.